The number of ether oxygens (including phenoxy) is 2. The lowest BCUT2D eigenvalue weighted by atomic mass is 9.95. The molecule has 0 unspecified atom stereocenters. The number of hydrogen-bond donors (Lipinski definition) is 0. The van der Waals surface area contributed by atoms with Crippen LogP contribution in [0, 0.1) is 6.92 Å². The van der Waals surface area contributed by atoms with Crippen molar-refractivity contribution in [3.63, 3.8) is 0 Å². The molecule has 1 aromatic heterocycles. The van der Waals surface area contributed by atoms with Crippen LogP contribution >= 0.6 is 27.3 Å². The van der Waals surface area contributed by atoms with Crippen molar-refractivity contribution in [2.75, 3.05) is 27.3 Å². The Morgan fingerprint density at radius 1 is 0.975 bits per heavy atom. The molecule has 1 fully saturated rings. The Labute approximate surface area is 250 Å². The maximum atomic E-state index is 14.0. The summed E-state index contributed by atoms with van der Waals surface area (Å²) in [6.07, 6.45) is 5.13. The minimum absolute atomic E-state index is 0.181. The highest BCUT2D eigenvalue weighted by molar-refractivity contribution is 9.10. The first-order valence-electron chi connectivity index (χ1n) is 13.5. The fraction of sp³-hybridized carbons (Fsp3) is 0.433. The fourth-order valence-electron chi connectivity index (χ4n) is 5.10. The number of carbonyl (C=O) groups excluding carboxylic acids is 1. The van der Waals surface area contributed by atoms with E-state index >= 15 is 0 Å². The van der Waals surface area contributed by atoms with Gasteiger partial charge in [0.25, 0.3) is 0 Å². The van der Waals surface area contributed by atoms with E-state index in [0.29, 0.717) is 31.0 Å². The van der Waals surface area contributed by atoms with Gasteiger partial charge in [-0.25, -0.2) is 8.42 Å². The first kappa shape index (κ1) is 30.6. The Kier molecular flexibility index (Phi) is 10.7. The van der Waals surface area contributed by atoms with E-state index in [1.165, 1.54) is 9.18 Å². The van der Waals surface area contributed by atoms with E-state index in [-0.39, 0.29) is 23.4 Å². The number of rotatable bonds is 12. The minimum Gasteiger partial charge on any atom is -0.493 e. The summed E-state index contributed by atoms with van der Waals surface area (Å²) in [5.41, 5.74) is 1.00. The van der Waals surface area contributed by atoms with Gasteiger partial charge in [0, 0.05) is 26.8 Å². The van der Waals surface area contributed by atoms with Gasteiger partial charge in [0.05, 0.1) is 32.2 Å². The molecule has 1 amide bonds. The van der Waals surface area contributed by atoms with E-state index in [1.54, 1.807) is 54.7 Å². The summed E-state index contributed by atoms with van der Waals surface area (Å²) < 4.78 is 40.9. The van der Waals surface area contributed by atoms with Gasteiger partial charge in [-0.2, -0.15) is 4.31 Å². The molecule has 0 N–H and O–H groups in total. The van der Waals surface area contributed by atoms with Crippen LogP contribution in [0.3, 0.4) is 0 Å². The molecule has 0 aliphatic heterocycles. The zero-order valence-electron chi connectivity index (χ0n) is 23.3. The van der Waals surface area contributed by atoms with E-state index in [0.717, 1.165) is 47.0 Å². The Bertz CT molecular complexity index is 1390. The van der Waals surface area contributed by atoms with Crippen LogP contribution in [0.2, 0.25) is 0 Å². The van der Waals surface area contributed by atoms with E-state index in [9.17, 15) is 13.2 Å². The largest absolute Gasteiger partial charge is 0.493 e. The normalized spacial score (nSPS) is 14.3. The highest BCUT2D eigenvalue weighted by Gasteiger charge is 2.35. The minimum atomic E-state index is -3.86. The highest BCUT2D eigenvalue weighted by Crippen LogP contribution is 2.30. The average molecular weight is 650 g/mol. The molecular formula is C30H37BrN2O5S2. The third kappa shape index (κ3) is 7.66. The highest BCUT2D eigenvalue weighted by atomic mass is 79.9. The molecule has 1 aliphatic rings. The number of halogens is 1. The van der Waals surface area contributed by atoms with Crippen LogP contribution in [0.5, 0.6) is 11.5 Å². The molecule has 2 aromatic carbocycles. The Hall–Kier alpha value is -2.40. The summed E-state index contributed by atoms with van der Waals surface area (Å²) in [5, 5.41) is 0. The number of aryl methyl sites for hydroxylation is 1. The molecule has 7 nitrogen and oxygen atoms in total. The first-order chi connectivity index (χ1) is 19.2. The van der Waals surface area contributed by atoms with E-state index in [2.05, 4.69) is 15.9 Å². The number of thiophene rings is 1. The molecule has 1 saturated carbocycles. The maximum absolute atomic E-state index is 14.0. The van der Waals surface area contributed by atoms with Gasteiger partial charge in [-0.3, -0.25) is 4.79 Å². The van der Waals surface area contributed by atoms with Gasteiger partial charge in [0.1, 0.15) is 0 Å². The Morgan fingerprint density at radius 3 is 2.30 bits per heavy atom. The van der Waals surface area contributed by atoms with Crippen LogP contribution in [-0.4, -0.2) is 56.9 Å². The predicted octanol–water partition coefficient (Wildman–Crippen LogP) is 6.43. The molecule has 0 radical (unpaired) electrons. The molecule has 0 spiro atoms. The monoisotopic (exact) mass is 648 g/mol. The van der Waals surface area contributed by atoms with Crippen LogP contribution in [0.25, 0.3) is 0 Å². The quantitative estimate of drug-likeness (QED) is 0.226. The van der Waals surface area contributed by atoms with Gasteiger partial charge >= 0.3 is 0 Å². The summed E-state index contributed by atoms with van der Waals surface area (Å²) in [5.74, 6) is 1.09. The number of carbonyl (C=O) groups is 1. The smallest absolute Gasteiger partial charge is 0.243 e. The number of methoxy groups -OCH3 is 2. The molecule has 10 heteroatoms. The van der Waals surface area contributed by atoms with Gasteiger partial charge in [-0.05, 0) is 80.3 Å². The molecule has 0 atom stereocenters. The topological polar surface area (TPSA) is 76.2 Å². The zero-order valence-corrected chi connectivity index (χ0v) is 26.5. The van der Waals surface area contributed by atoms with Crippen molar-refractivity contribution < 1.29 is 22.7 Å². The summed E-state index contributed by atoms with van der Waals surface area (Å²) in [4.78, 5) is 18.2. The van der Waals surface area contributed by atoms with Crippen molar-refractivity contribution in [3.05, 3.63) is 74.4 Å². The first-order valence-corrected chi connectivity index (χ1v) is 16.6. The molecule has 1 aliphatic carbocycles. The number of nitrogens with zero attached hydrogens (tertiary/aromatic N) is 2. The van der Waals surface area contributed by atoms with Gasteiger partial charge in [0.15, 0.2) is 11.5 Å². The third-order valence-electron chi connectivity index (χ3n) is 7.31. The number of sulfonamides is 1. The van der Waals surface area contributed by atoms with Gasteiger partial charge in [0.2, 0.25) is 15.9 Å². The molecular weight excluding hydrogens is 612 g/mol. The van der Waals surface area contributed by atoms with Crippen molar-refractivity contribution >= 4 is 43.2 Å². The lowest BCUT2D eigenvalue weighted by Crippen LogP contribution is -2.48. The number of amides is 1. The SMILES string of the molecule is COc1ccc(CCN(Cc2ccc(C)s2)C(=O)CN(C2CCCCC2)S(=O)(=O)c2ccc(Br)cc2)cc1OC. The summed E-state index contributed by atoms with van der Waals surface area (Å²) >= 11 is 5.04. The van der Waals surface area contributed by atoms with E-state index in [1.807, 2.05) is 37.3 Å². The van der Waals surface area contributed by atoms with Crippen molar-refractivity contribution in [1.82, 2.24) is 9.21 Å². The van der Waals surface area contributed by atoms with Crippen LogP contribution in [0.4, 0.5) is 0 Å². The Balaban J connectivity index is 1.59. The molecule has 40 heavy (non-hydrogen) atoms. The van der Waals surface area contributed by atoms with Crippen molar-refractivity contribution in [3.8, 4) is 11.5 Å². The van der Waals surface area contributed by atoms with E-state index in [4.69, 9.17) is 9.47 Å². The van der Waals surface area contributed by atoms with Crippen molar-refractivity contribution in [2.24, 2.45) is 0 Å². The standard InChI is InChI=1S/C30H37BrN2O5S2/c1-22-9-13-26(39-22)20-32(18-17-23-10-16-28(37-2)29(19-23)38-3)30(34)21-33(25-7-5-4-6-8-25)40(35,36)27-14-11-24(31)12-15-27/h9-16,19,25H,4-8,17-18,20-21H2,1-3H3. The second-order valence-corrected chi connectivity index (χ2v) is 14.2. The molecule has 4 rings (SSSR count). The van der Waals surface area contributed by atoms with Crippen LogP contribution in [0.1, 0.15) is 47.4 Å². The fourth-order valence-corrected chi connectivity index (χ4v) is 7.91. The molecule has 0 saturated heterocycles. The van der Waals surface area contributed by atoms with E-state index < -0.39 is 10.0 Å². The predicted molar refractivity (Wildman–Crippen MR) is 163 cm³/mol. The number of benzene rings is 2. The van der Waals surface area contributed by atoms with Crippen LogP contribution < -0.4 is 9.47 Å². The van der Waals surface area contributed by atoms with Gasteiger partial charge in [-0.1, -0.05) is 41.3 Å². The van der Waals surface area contributed by atoms with Crippen molar-refractivity contribution in [2.45, 2.75) is 62.9 Å². The van der Waals surface area contributed by atoms with Crippen LogP contribution in [-0.2, 0) is 27.8 Å². The maximum Gasteiger partial charge on any atom is 0.243 e. The molecule has 1 heterocycles. The lowest BCUT2D eigenvalue weighted by Gasteiger charge is -2.34. The second-order valence-electron chi connectivity index (χ2n) is 10.1. The van der Waals surface area contributed by atoms with Crippen molar-refractivity contribution in [1.29, 1.82) is 0 Å². The summed E-state index contributed by atoms with van der Waals surface area (Å²) in [6, 6.07) is 16.3. The van der Waals surface area contributed by atoms with Gasteiger partial charge in [-0.15, -0.1) is 11.3 Å². The van der Waals surface area contributed by atoms with Gasteiger partial charge < -0.3 is 14.4 Å². The molecule has 3 aromatic rings. The summed E-state index contributed by atoms with van der Waals surface area (Å²) in [7, 11) is -0.663. The second kappa shape index (κ2) is 14.0. The molecule has 216 valence electrons. The molecule has 0 bridgehead atoms. The average Bonchev–Trinajstić information content (AvgIpc) is 3.38. The third-order valence-corrected chi connectivity index (χ3v) is 10.7. The Morgan fingerprint density at radius 2 is 1.68 bits per heavy atom. The summed E-state index contributed by atoms with van der Waals surface area (Å²) in [6.45, 7) is 2.74. The van der Waals surface area contributed by atoms with Crippen LogP contribution in [0.15, 0.2) is 64.0 Å². The lowest BCUT2D eigenvalue weighted by molar-refractivity contribution is -0.132. The zero-order chi connectivity index (χ0) is 28.7. The number of hydrogen-bond acceptors (Lipinski definition) is 6.